The fourth-order valence-electron chi connectivity index (χ4n) is 3.27. The van der Waals surface area contributed by atoms with E-state index in [0.717, 1.165) is 29.4 Å². The first kappa shape index (κ1) is 14.6. The molecular formula is C18H20N4S. The Labute approximate surface area is 140 Å². The molecule has 3 aromatic rings. The molecule has 4 nitrogen and oxygen atoms in total. The molecule has 3 heterocycles. The molecule has 0 bridgehead atoms. The van der Waals surface area contributed by atoms with Crippen LogP contribution in [0.5, 0.6) is 0 Å². The van der Waals surface area contributed by atoms with E-state index in [4.69, 9.17) is 4.98 Å². The van der Waals surface area contributed by atoms with E-state index < -0.39 is 0 Å². The van der Waals surface area contributed by atoms with Crippen LogP contribution in [0.3, 0.4) is 0 Å². The van der Waals surface area contributed by atoms with Crippen molar-refractivity contribution in [3.63, 3.8) is 0 Å². The topological polar surface area (TPSA) is 50.7 Å². The van der Waals surface area contributed by atoms with Crippen molar-refractivity contribution in [2.45, 2.75) is 46.1 Å². The minimum atomic E-state index is 0.768. The highest BCUT2D eigenvalue weighted by Gasteiger charge is 2.20. The monoisotopic (exact) mass is 324 g/mol. The van der Waals surface area contributed by atoms with E-state index in [1.54, 1.807) is 0 Å². The van der Waals surface area contributed by atoms with Gasteiger partial charge >= 0.3 is 0 Å². The zero-order chi connectivity index (χ0) is 15.8. The summed E-state index contributed by atoms with van der Waals surface area (Å²) in [6.07, 6.45) is 8.67. The molecule has 3 aromatic heterocycles. The summed E-state index contributed by atoms with van der Waals surface area (Å²) in [6.45, 7) is 4.84. The number of hydrogen-bond donors (Lipinski definition) is 1. The van der Waals surface area contributed by atoms with Crippen LogP contribution in [0.15, 0.2) is 18.5 Å². The Morgan fingerprint density at radius 3 is 2.91 bits per heavy atom. The summed E-state index contributed by atoms with van der Waals surface area (Å²) in [5.41, 5.74) is 3.94. The first-order valence-corrected chi connectivity index (χ1v) is 8.96. The second kappa shape index (κ2) is 5.89. The maximum atomic E-state index is 4.70. The van der Waals surface area contributed by atoms with Crippen LogP contribution in [0, 0.1) is 13.8 Å². The Hall–Kier alpha value is -2.01. The summed E-state index contributed by atoms with van der Waals surface area (Å²) in [7, 11) is 0. The highest BCUT2D eigenvalue weighted by atomic mass is 32.1. The molecule has 0 aromatic carbocycles. The van der Waals surface area contributed by atoms with Crippen molar-refractivity contribution in [2.75, 3.05) is 5.32 Å². The molecule has 1 aliphatic rings. The Bertz CT molecular complexity index is 869. The van der Waals surface area contributed by atoms with Gasteiger partial charge in [-0.15, -0.1) is 11.3 Å². The van der Waals surface area contributed by atoms with E-state index in [1.807, 2.05) is 30.7 Å². The lowest BCUT2D eigenvalue weighted by Gasteiger charge is -2.13. The summed E-state index contributed by atoms with van der Waals surface area (Å²) < 4.78 is 0. The second-order valence-corrected chi connectivity index (χ2v) is 7.25. The van der Waals surface area contributed by atoms with Gasteiger partial charge < -0.3 is 5.32 Å². The maximum Gasteiger partial charge on any atom is 0.139 e. The van der Waals surface area contributed by atoms with E-state index in [2.05, 4.69) is 28.3 Å². The van der Waals surface area contributed by atoms with Gasteiger partial charge in [0.2, 0.25) is 0 Å². The van der Waals surface area contributed by atoms with Crippen LogP contribution >= 0.6 is 11.3 Å². The van der Waals surface area contributed by atoms with Gasteiger partial charge in [0.05, 0.1) is 5.39 Å². The molecule has 0 amide bonds. The van der Waals surface area contributed by atoms with Crippen LogP contribution in [0.1, 0.15) is 40.2 Å². The summed E-state index contributed by atoms with van der Waals surface area (Å²) in [5.74, 6) is 1.83. The molecule has 23 heavy (non-hydrogen) atoms. The quantitative estimate of drug-likeness (QED) is 0.784. The zero-order valence-corrected chi connectivity index (χ0v) is 14.3. The second-order valence-electron chi connectivity index (χ2n) is 6.17. The third-order valence-electron chi connectivity index (χ3n) is 4.51. The van der Waals surface area contributed by atoms with E-state index in [-0.39, 0.29) is 0 Å². The minimum Gasteiger partial charge on any atom is -0.365 e. The van der Waals surface area contributed by atoms with Gasteiger partial charge in [0.25, 0.3) is 0 Å². The maximum absolute atomic E-state index is 4.70. The van der Waals surface area contributed by atoms with Gasteiger partial charge in [-0.3, -0.25) is 4.98 Å². The van der Waals surface area contributed by atoms with Crippen molar-refractivity contribution in [3.8, 4) is 0 Å². The third kappa shape index (κ3) is 2.70. The molecule has 5 heteroatoms. The van der Waals surface area contributed by atoms with E-state index in [9.17, 15) is 0 Å². The molecule has 1 N–H and O–H groups in total. The fraction of sp³-hybridized carbons (Fsp3) is 0.389. The first-order valence-electron chi connectivity index (χ1n) is 8.14. The number of nitrogens with one attached hydrogen (secondary N) is 1. The van der Waals surface area contributed by atoms with Gasteiger partial charge in [-0.25, -0.2) is 9.97 Å². The van der Waals surface area contributed by atoms with Crippen molar-refractivity contribution < 1.29 is 0 Å². The van der Waals surface area contributed by atoms with Gasteiger partial charge in [-0.1, -0.05) is 0 Å². The van der Waals surface area contributed by atoms with Gasteiger partial charge in [-0.05, 0) is 62.3 Å². The molecule has 1 aliphatic carbocycles. The van der Waals surface area contributed by atoms with Gasteiger partial charge in [0, 0.05) is 23.8 Å². The van der Waals surface area contributed by atoms with Crippen molar-refractivity contribution in [2.24, 2.45) is 0 Å². The standard InChI is InChI=1S/C18H20N4S/c1-11-9-19-8-7-13(11)10-20-17-16-14-5-3-4-6-15(14)23-18(16)22-12(2)21-17/h7-9H,3-6,10H2,1-2H3,(H,20,21,22). The van der Waals surface area contributed by atoms with E-state index >= 15 is 0 Å². The normalized spacial score (nSPS) is 14.0. The Morgan fingerprint density at radius 2 is 2.04 bits per heavy atom. The van der Waals surface area contributed by atoms with E-state index in [1.165, 1.54) is 46.2 Å². The average Bonchev–Trinajstić information content (AvgIpc) is 2.92. The summed E-state index contributed by atoms with van der Waals surface area (Å²) in [6, 6.07) is 2.07. The number of nitrogens with zero attached hydrogens (tertiary/aromatic N) is 3. The smallest absolute Gasteiger partial charge is 0.139 e. The number of anilines is 1. The van der Waals surface area contributed by atoms with Gasteiger partial charge in [0.15, 0.2) is 0 Å². The predicted octanol–water partition coefficient (Wildman–Crippen LogP) is 4.19. The molecule has 0 radical (unpaired) electrons. The predicted molar refractivity (Wildman–Crippen MR) is 95.1 cm³/mol. The lowest BCUT2D eigenvalue weighted by Crippen LogP contribution is -2.06. The fourth-order valence-corrected chi connectivity index (χ4v) is 4.58. The third-order valence-corrected chi connectivity index (χ3v) is 5.69. The van der Waals surface area contributed by atoms with Crippen LogP contribution in [0.4, 0.5) is 5.82 Å². The van der Waals surface area contributed by atoms with Gasteiger partial charge in [0.1, 0.15) is 16.5 Å². The van der Waals surface area contributed by atoms with E-state index in [0.29, 0.717) is 0 Å². The number of thiophene rings is 1. The lowest BCUT2D eigenvalue weighted by atomic mass is 9.97. The average molecular weight is 324 g/mol. The highest BCUT2D eigenvalue weighted by molar-refractivity contribution is 7.19. The molecule has 4 rings (SSSR count). The minimum absolute atomic E-state index is 0.768. The number of hydrogen-bond acceptors (Lipinski definition) is 5. The largest absolute Gasteiger partial charge is 0.365 e. The molecule has 0 spiro atoms. The van der Waals surface area contributed by atoms with Crippen molar-refractivity contribution >= 4 is 27.4 Å². The van der Waals surface area contributed by atoms with Crippen LogP contribution in [-0.4, -0.2) is 15.0 Å². The molecular weight excluding hydrogens is 304 g/mol. The summed E-state index contributed by atoms with van der Waals surface area (Å²) >= 11 is 1.85. The lowest BCUT2D eigenvalue weighted by molar-refractivity contribution is 0.700. The molecule has 0 saturated heterocycles. The van der Waals surface area contributed by atoms with Crippen LogP contribution < -0.4 is 5.32 Å². The van der Waals surface area contributed by atoms with Crippen molar-refractivity contribution in [1.82, 2.24) is 15.0 Å². The van der Waals surface area contributed by atoms with Crippen LogP contribution in [0.2, 0.25) is 0 Å². The molecule has 0 unspecified atom stereocenters. The number of aromatic nitrogens is 3. The molecule has 0 aliphatic heterocycles. The summed E-state index contributed by atoms with van der Waals surface area (Å²) in [5, 5.41) is 4.80. The van der Waals surface area contributed by atoms with Crippen LogP contribution in [0.25, 0.3) is 10.2 Å². The van der Waals surface area contributed by atoms with Gasteiger partial charge in [-0.2, -0.15) is 0 Å². The summed E-state index contributed by atoms with van der Waals surface area (Å²) in [4.78, 5) is 16.2. The van der Waals surface area contributed by atoms with Crippen molar-refractivity contribution in [3.05, 3.63) is 45.9 Å². The van der Waals surface area contributed by atoms with Crippen molar-refractivity contribution in [1.29, 1.82) is 0 Å². The number of pyridine rings is 1. The Balaban J connectivity index is 1.74. The molecule has 0 saturated carbocycles. The number of fused-ring (bicyclic) bond motifs is 3. The number of rotatable bonds is 3. The SMILES string of the molecule is Cc1nc(NCc2ccncc2C)c2c3c(sc2n1)CCCC3. The Kier molecular flexibility index (Phi) is 3.73. The molecule has 0 atom stereocenters. The zero-order valence-electron chi connectivity index (χ0n) is 13.5. The molecule has 118 valence electrons. The van der Waals surface area contributed by atoms with Crippen LogP contribution in [-0.2, 0) is 19.4 Å². The Morgan fingerprint density at radius 1 is 1.17 bits per heavy atom. The molecule has 0 fully saturated rings. The highest BCUT2D eigenvalue weighted by Crippen LogP contribution is 2.38. The number of aryl methyl sites for hydroxylation is 4. The first-order chi connectivity index (χ1) is 11.2.